The highest BCUT2D eigenvalue weighted by Gasteiger charge is 2.30. The Morgan fingerprint density at radius 2 is 1.80 bits per heavy atom. The van der Waals surface area contributed by atoms with E-state index in [4.69, 9.17) is 0 Å². The molecule has 2 heterocycles. The Kier molecular flexibility index (Phi) is 4.42. The van der Waals surface area contributed by atoms with Crippen LogP contribution in [0.2, 0.25) is 0 Å². The van der Waals surface area contributed by atoms with Crippen molar-refractivity contribution < 1.29 is 9.59 Å². The number of nitrogens with one attached hydrogen (secondary N) is 2. The van der Waals surface area contributed by atoms with Crippen LogP contribution >= 0.6 is 0 Å². The average molecular weight is 340 g/mol. The molecule has 1 saturated carbocycles. The third kappa shape index (κ3) is 3.25. The molecule has 2 amide bonds. The summed E-state index contributed by atoms with van der Waals surface area (Å²) in [6, 6.07) is 8.02. The number of hydrogen-bond donors (Lipinski definition) is 2. The van der Waals surface area contributed by atoms with Crippen molar-refractivity contribution in [2.45, 2.75) is 44.6 Å². The number of carbonyl (C=O) groups is 2. The van der Waals surface area contributed by atoms with Gasteiger partial charge in [-0.15, -0.1) is 0 Å². The van der Waals surface area contributed by atoms with Crippen LogP contribution in [0.4, 0.5) is 0 Å². The fraction of sp³-hybridized carbons (Fsp3) is 0.526. The molecule has 2 fully saturated rings. The number of aromatic nitrogens is 2. The summed E-state index contributed by atoms with van der Waals surface area (Å²) in [6.07, 6.45) is 6.11. The number of benzene rings is 1. The number of piperidine rings is 1. The summed E-state index contributed by atoms with van der Waals surface area (Å²) in [5.74, 6) is 0.150. The van der Waals surface area contributed by atoms with E-state index in [0.717, 1.165) is 36.6 Å². The Labute approximate surface area is 147 Å². The third-order valence-electron chi connectivity index (χ3n) is 5.53. The summed E-state index contributed by atoms with van der Waals surface area (Å²) in [7, 11) is 0. The van der Waals surface area contributed by atoms with E-state index < -0.39 is 0 Å². The van der Waals surface area contributed by atoms with Crippen LogP contribution in [0.15, 0.2) is 24.3 Å². The maximum atomic E-state index is 12.8. The lowest BCUT2D eigenvalue weighted by Crippen LogP contribution is -2.45. The normalized spacial score (nSPS) is 19.4. The van der Waals surface area contributed by atoms with Crippen LogP contribution in [-0.4, -0.2) is 46.0 Å². The molecule has 4 rings (SSSR count). The Bertz CT molecular complexity index is 771. The van der Waals surface area contributed by atoms with Gasteiger partial charge < -0.3 is 10.2 Å². The maximum absolute atomic E-state index is 12.8. The first-order valence-electron chi connectivity index (χ1n) is 9.25. The van der Waals surface area contributed by atoms with Crippen LogP contribution in [0, 0.1) is 5.92 Å². The number of aromatic amines is 1. The van der Waals surface area contributed by atoms with E-state index in [1.165, 1.54) is 12.8 Å². The van der Waals surface area contributed by atoms with E-state index in [0.29, 0.717) is 24.8 Å². The van der Waals surface area contributed by atoms with Crippen LogP contribution in [0.1, 0.15) is 49.0 Å². The van der Waals surface area contributed by atoms with E-state index in [1.807, 2.05) is 29.2 Å². The van der Waals surface area contributed by atoms with Crippen LogP contribution < -0.4 is 5.32 Å². The molecular formula is C19H24N4O2. The Hall–Kier alpha value is -2.37. The summed E-state index contributed by atoms with van der Waals surface area (Å²) >= 11 is 0. The van der Waals surface area contributed by atoms with Crippen molar-refractivity contribution in [2.24, 2.45) is 5.92 Å². The number of fused-ring (bicyclic) bond motifs is 1. The summed E-state index contributed by atoms with van der Waals surface area (Å²) in [5, 5.41) is 11.2. The highest BCUT2D eigenvalue weighted by atomic mass is 16.2. The first kappa shape index (κ1) is 16.1. The minimum atomic E-state index is -0.0490. The smallest absolute Gasteiger partial charge is 0.274 e. The van der Waals surface area contributed by atoms with Gasteiger partial charge in [-0.05, 0) is 31.7 Å². The van der Waals surface area contributed by atoms with Crippen LogP contribution in [-0.2, 0) is 4.79 Å². The topological polar surface area (TPSA) is 78.1 Å². The van der Waals surface area contributed by atoms with E-state index in [-0.39, 0.29) is 17.7 Å². The molecule has 1 aliphatic carbocycles. The molecule has 6 nitrogen and oxygen atoms in total. The zero-order valence-corrected chi connectivity index (χ0v) is 14.3. The molecule has 1 aromatic heterocycles. The SMILES string of the molecule is O=C(NC1CCCC1)C1CCN(C(=O)c2n[nH]c3ccccc23)CC1. The monoisotopic (exact) mass is 340 g/mol. The molecule has 2 aliphatic rings. The minimum Gasteiger partial charge on any atom is -0.353 e. The number of nitrogens with zero attached hydrogens (tertiary/aromatic N) is 2. The van der Waals surface area contributed by atoms with E-state index in [2.05, 4.69) is 15.5 Å². The van der Waals surface area contributed by atoms with Crippen molar-refractivity contribution in [3.05, 3.63) is 30.0 Å². The predicted octanol–water partition coefficient (Wildman–Crippen LogP) is 2.47. The number of hydrogen-bond acceptors (Lipinski definition) is 3. The van der Waals surface area contributed by atoms with E-state index in [1.54, 1.807) is 0 Å². The maximum Gasteiger partial charge on any atom is 0.274 e. The van der Waals surface area contributed by atoms with Gasteiger partial charge in [-0.2, -0.15) is 5.10 Å². The number of H-pyrrole nitrogens is 1. The molecule has 0 radical (unpaired) electrons. The van der Waals surface area contributed by atoms with Gasteiger partial charge in [-0.1, -0.05) is 31.0 Å². The van der Waals surface area contributed by atoms with Gasteiger partial charge in [0.15, 0.2) is 5.69 Å². The van der Waals surface area contributed by atoms with Gasteiger partial charge in [0.05, 0.1) is 5.52 Å². The van der Waals surface area contributed by atoms with Crippen LogP contribution in [0.5, 0.6) is 0 Å². The molecule has 1 aliphatic heterocycles. The zero-order valence-electron chi connectivity index (χ0n) is 14.3. The number of para-hydroxylation sites is 1. The molecule has 2 N–H and O–H groups in total. The number of likely N-dealkylation sites (tertiary alicyclic amines) is 1. The molecule has 1 aromatic carbocycles. The van der Waals surface area contributed by atoms with Crippen LogP contribution in [0.25, 0.3) is 10.9 Å². The minimum absolute atomic E-state index is 0.0283. The first-order chi connectivity index (χ1) is 12.2. The van der Waals surface area contributed by atoms with Gasteiger partial charge in [0.1, 0.15) is 0 Å². The van der Waals surface area contributed by atoms with E-state index in [9.17, 15) is 9.59 Å². The van der Waals surface area contributed by atoms with Gasteiger partial charge in [-0.3, -0.25) is 14.7 Å². The van der Waals surface area contributed by atoms with Crippen molar-refractivity contribution in [3.8, 4) is 0 Å². The van der Waals surface area contributed by atoms with Crippen molar-refractivity contribution in [1.29, 1.82) is 0 Å². The largest absolute Gasteiger partial charge is 0.353 e. The second-order valence-electron chi connectivity index (χ2n) is 7.17. The molecule has 6 heteroatoms. The average Bonchev–Trinajstić information content (AvgIpc) is 3.31. The van der Waals surface area contributed by atoms with Crippen molar-refractivity contribution >= 4 is 22.7 Å². The number of carbonyl (C=O) groups excluding carboxylic acids is 2. The lowest BCUT2D eigenvalue weighted by Gasteiger charge is -2.31. The standard InChI is InChI=1S/C19H24N4O2/c24-18(20-14-5-1-2-6-14)13-9-11-23(12-10-13)19(25)17-15-7-3-4-8-16(15)21-22-17/h3-4,7-8,13-14H,1-2,5-6,9-12H2,(H,20,24)(H,21,22). The second-order valence-corrected chi connectivity index (χ2v) is 7.17. The van der Waals surface area contributed by atoms with Gasteiger partial charge >= 0.3 is 0 Å². The number of amides is 2. The van der Waals surface area contributed by atoms with Gasteiger partial charge in [0, 0.05) is 30.4 Å². The Morgan fingerprint density at radius 3 is 2.56 bits per heavy atom. The lowest BCUT2D eigenvalue weighted by molar-refractivity contribution is -0.127. The summed E-state index contributed by atoms with van der Waals surface area (Å²) in [6.45, 7) is 1.23. The molecule has 0 bridgehead atoms. The van der Waals surface area contributed by atoms with Crippen LogP contribution in [0.3, 0.4) is 0 Å². The molecule has 0 spiro atoms. The highest BCUT2D eigenvalue weighted by Crippen LogP contribution is 2.23. The molecule has 132 valence electrons. The molecular weight excluding hydrogens is 316 g/mol. The molecule has 0 unspecified atom stereocenters. The molecule has 2 aromatic rings. The van der Waals surface area contributed by atoms with E-state index >= 15 is 0 Å². The summed E-state index contributed by atoms with van der Waals surface area (Å²) in [4.78, 5) is 27.0. The highest BCUT2D eigenvalue weighted by molar-refractivity contribution is 6.04. The summed E-state index contributed by atoms with van der Waals surface area (Å²) in [5.41, 5.74) is 1.35. The number of rotatable bonds is 3. The van der Waals surface area contributed by atoms with Crippen molar-refractivity contribution in [1.82, 2.24) is 20.4 Å². The quantitative estimate of drug-likeness (QED) is 0.901. The summed E-state index contributed by atoms with van der Waals surface area (Å²) < 4.78 is 0. The first-order valence-corrected chi connectivity index (χ1v) is 9.25. The zero-order chi connectivity index (χ0) is 17.2. The van der Waals surface area contributed by atoms with Gasteiger partial charge in [0.25, 0.3) is 5.91 Å². The van der Waals surface area contributed by atoms with Crippen molar-refractivity contribution in [2.75, 3.05) is 13.1 Å². The Balaban J connectivity index is 1.36. The fourth-order valence-electron chi connectivity index (χ4n) is 4.01. The molecule has 0 atom stereocenters. The predicted molar refractivity (Wildman–Crippen MR) is 95.1 cm³/mol. The van der Waals surface area contributed by atoms with Gasteiger partial charge in [-0.25, -0.2) is 0 Å². The second kappa shape index (κ2) is 6.86. The Morgan fingerprint density at radius 1 is 1.08 bits per heavy atom. The van der Waals surface area contributed by atoms with Crippen molar-refractivity contribution in [3.63, 3.8) is 0 Å². The molecule has 25 heavy (non-hydrogen) atoms. The van der Waals surface area contributed by atoms with Gasteiger partial charge in [0.2, 0.25) is 5.91 Å². The lowest BCUT2D eigenvalue weighted by atomic mass is 9.95. The third-order valence-corrected chi connectivity index (χ3v) is 5.53. The fourth-order valence-corrected chi connectivity index (χ4v) is 4.01. The molecule has 1 saturated heterocycles.